The Morgan fingerprint density at radius 2 is 1.94 bits per heavy atom. The molecular weight excluding hydrogens is 231 g/mol. The average Bonchev–Trinajstić information content (AvgIpc) is 2.14. The van der Waals surface area contributed by atoms with Gasteiger partial charge in [0.25, 0.3) is 0 Å². The van der Waals surface area contributed by atoms with Crippen molar-refractivity contribution >= 4 is 0 Å². The maximum absolute atomic E-state index is 12.5. The minimum Gasteiger partial charge on any atom is -0.379 e. The fourth-order valence-electron chi connectivity index (χ4n) is 1.81. The molecule has 0 saturated carbocycles. The standard InChI is InChI=1S/C12H16F3NO/c1-7(6-11(16)17)9-3-4-10(8(2)5-9)12(13,14)15/h3-5,7,11,17H,6,16H2,1-2H3. The molecular formula is C12H16F3NO. The van der Waals surface area contributed by atoms with Crippen LogP contribution in [0.15, 0.2) is 18.2 Å². The molecule has 0 fully saturated rings. The van der Waals surface area contributed by atoms with Crippen molar-refractivity contribution in [3.05, 3.63) is 34.9 Å². The predicted molar refractivity (Wildman–Crippen MR) is 59.4 cm³/mol. The van der Waals surface area contributed by atoms with Gasteiger partial charge in [-0.2, -0.15) is 13.2 Å². The monoisotopic (exact) mass is 247 g/mol. The van der Waals surface area contributed by atoms with Gasteiger partial charge in [-0.3, -0.25) is 0 Å². The third-order valence-corrected chi connectivity index (χ3v) is 2.72. The number of aliphatic hydroxyl groups is 1. The van der Waals surface area contributed by atoms with Crippen LogP contribution in [0.1, 0.15) is 36.0 Å². The van der Waals surface area contributed by atoms with Crippen molar-refractivity contribution in [2.75, 3.05) is 0 Å². The van der Waals surface area contributed by atoms with Crippen molar-refractivity contribution < 1.29 is 18.3 Å². The van der Waals surface area contributed by atoms with E-state index in [4.69, 9.17) is 10.8 Å². The van der Waals surface area contributed by atoms with E-state index in [1.807, 2.05) is 6.92 Å². The van der Waals surface area contributed by atoms with E-state index in [1.54, 1.807) is 0 Å². The highest BCUT2D eigenvalue weighted by Crippen LogP contribution is 2.33. The summed E-state index contributed by atoms with van der Waals surface area (Å²) in [5.41, 5.74) is 5.56. The predicted octanol–water partition coefficient (Wildman–Crippen LogP) is 2.78. The molecule has 1 aromatic carbocycles. The highest BCUT2D eigenvalue weighted by molar-refractivity contribution is 5.34. The molecule has 0 aliphatic heterocycles. The third kappa shape index (κ3) is 3.71. The van der Waals surface area contributed by atoms with Crippen LogP contribution in [0.5, 0.6) is 0 Å². The largest absolute Gasteiger partial charge is 0.416 e. The second-order valence-electron chi connectivity index (χ2n) is 4.28. The molecule has 0 spiro atoms. The molecule has 2 atom stereocenters. The molecule has 1 aromatic rings. The van der Waals surface area contributed by atoms with Crippen LogP contribution in [-0.2, 0) is 6.18 Å². The Balaban J connectivity index is 2.97. The molecule has 0 amide bonds. The maximum atomic E-state index is 12.5. The van der Waals surface area contributed by atoms with Gasteiger partial charge in [-0.25, -0.2) is 0 Å². The van der Waals surface area contributed by atoms with E-state index in [0.717, 1.165) is 11.6 Å². The molecule has 0 aliphatic rings. The van der Waals surface area contributed by atoms with Crippen LogP contribution in [0, 0.1) is 6.92 Å². The zero-order chi connectivity index (χ0) is 13.2. The summed E-state index contributed by atoms with van der Waals surface area (Å²) >= 11 is 0. The van der Waals surface area contributed by atoms with Gasteiger partial charge in [-0.15, -0.1) is 0 Å². The Hall–Kier alpha value is -1.07. The number of halogens is 3. The Labute approximate surface area is 98.3 Å². The summed E-state index contributed by atoms with van der Waals surface area (Å²) in [6.07, 6.45) is -4.95. The fourth-order valence-corrected chi connectivity index (χ4v) is 1.81. The van der Waals surface area contributed by atoms with Crippen LogP contribution in [0.25, 0.3) is 0 Å². The van der Waals surface area contributed by atoms with Crippen molar-refractivity contribution in [2.24, 2.45) is 5.73 Å². The number of rotatable bonds is 3. The first-order valence-corrected chi connectivity index (χ1v) is 5.33. The van der Waals surface area contributed by atoms with Gasteiger partial charge < -0.3 is 10.8 Å². The van der Waals surface area contributed by atoms with Crippen molar-refractivity contribution in [3.8, 4) is 0 Å². The molecule has 0 bridgehead atoms. The van der Waals surface area contributed by atoms with Gasteiger partial charge in [0.1, 0.15) is 6.23 Å². The molecule has 17 heavy (non-hydrogen) atoms. The highest BCUT2D eigenvalue weighted by Gasteiger charge is 2.32. The fraction of sp³-hybridized carbons (Fsp3) is 0.500. The molecule has 5 heteroatoms. The van der Waals surface area contributed by atoms with Crippen LogP contribution in [0.3, 0.4) is 0 Å². The Kier molecular flexibility index (Phi) is 4.16. The van der Waals surface area contributed by atoms with E-state index >= 15 is 0 Å². The summed E-state index contributed by atoms with van der Waals surface area (Å²) in [6, 6.07) is 4.00. The molecule has 0 heterocycles. The molecule has 2 nitrogen and oxygen atoms in total. The van der Waals surface area contributed by atoms with E-state index < -0.39 is 18.0 Å². The Morgan fingerprint density at radius 3 is 2.35 bits per heavy atom. The lowest BCUT2D eigenvalue weighted by molar-refractivity contribution is -0.138. The zero-order valence-electron chi connectivity index (χ0n) is 9.75. The first kappa shape index (κ1) is 14.0. The number of aryl methyl sites for hydroxylation is 1. The van der Waals surface area contributed by atoms with Gasteiger partial charge in [0.2, 0.25) is 0 Å². The number of alkyl halides is 3. The Morgan fingerprint density at radius 1 is 1.35 bits per heavy atom. The van der Waals surface area contributed by atoms with Crippen molar-refractivity contribution in [3.63, 3.8) is 0 Å². The minimum absolute atomic E-state index is 0.0732. The number of hydrogen-bond donors (Lipinski definition) is 2. The average molecular weight is 247 g/mol. The summed E-state index contributed by atoms with van der Waals surface area (Å²) < 4.78 is 37.6. The van der Waals surface area contributed by atoms with Crippen molar-refractivity contribution in [2.45, 2.75) is 38.6 Å². The Bertz CT molecular complexity index is 388. The van der Waals surface area contributed by atoms with E-state index in [9.17, 15) is 13.2 Å². The highest BCUT2D eigenvalue weighted by atomic mass is 19.4. The second kappa shape index (κ2) is 5.06. The first-order valence-electron chi connectivity index (χ1n) is 5.33. The molecule has 1 rings (SSSR count). The summed E-state index contributed by atoms with van der Waals surface area (Å²) in [5, 5.41) is 9.04. The van der Waals surface area contributed by atoms with E-state index in [-0.39, 0.29) is 11.5 Å². The normalized spacial score (nSPS) is 15.7. The lowest BCUT2D eigenvalue weighted by Crippen LogP contribution is -2.21. The van der Waals surface area contributed by atoms with Crippen LogP contribution in [0.2, 0.25) is 0 Å². The summed E-state index contributed by atoms with van der Waals surface area (Å²) in [5.74, 6) is -0.0732. The van der Waals surface area contributed by atoms with Crippen LogP contribution < -0.4 is 5.73 Å². The van der Waals surface area contributed by atoms with Crippen molar-refractivity contribution in [1.82, 2.24) is 0 Å². The van der Waals surface area contributed by atoms with Gasteiger partial charge in [-0.1, -0.05) is 19.1 Å². The minimum atomic E-state index is -4.32. The van der Waals surface area contributed by atoms with Gasteiger partial charge in [0, 0.05) is 0 Å². The summed E-state index contributed by atoms with van der Waals surface area (Å²) in [7, 11) is 0. The lowest BCUT2D eigenvalue weighted by Gasteiger charge is -2.16. The summed E-state index contributed by atoms with van der Waals surface area (Å²) in [6.45, 7) is 3.25. The van der Waals surface area contributed by atoms with Gasteiger partial charge in [0.15, 0.2) is 0 Å². The SMILES string of the molecule is Cc1cc(C(C)CC(N)O)ccc1C(F)(F)F. The van der Waals surface area contributed by atoms with Gasteiger partial charge in [0.05, 0.1) is 5.56 Å². The first-order chi connectivity index (χ1) is 7.71. The number of hydrogen-bond acceptors (Lipinski definition) is 2. The van der Waals surface area contributed by atoms with Crippen LogP contribution in [0.4, 0.5) is 13.2 Å². The van der Waals surface area contributed by atoms with Gasteiger partial charge in [-0.05, 0) is 36.5 Å². The molecule has 0 saturated heterocycles. The molecule has 0 aromatic heterocycles. The van der Waals surface area contributed by atoms with Crippen molar-refractivity contribution in [1.29, 1.82) is 0 Å². The van der Waals surface area contributed by atoms with E-state index in [0.29, 0.717) is 6.42 Å². The van der Waals surface area contributed by atoms with E-state index in [1.165, 1.54) is 19.1 Å². The van der Waals surface area contributed by atoms with Crippen LogP contribution in [-0.4, -0.2) is 11.3 Å². The molecule has 0 radical (unpaired) electrons. The van der Waals surface area contributed by atoms with E-state index in [2.05, 4.69) is 0 Å². The molecule has 96 valence electrons. The molecule has 0 aliphatic carbocycles. The molecule has 3 N–H and O–H groups in total. The number of nitrogens with two attached hydrogens (primary N) is 1. The number of aliphatic hydroxyl groups excluding tert-OH is 1. The lowest BCUT2D eigenvalue weighted by atomic mass is 9.93. The maximum Gasteiger partial charge on any atom is 0.416 e. The summed E-state index contributed by atoms with van der Waals surface area (Å²) in [4.78, 5) is 0. The quantitative estimate of drug-likeness (QED) is 0.807. The second-order valence-corrected chi connectivity index (χ2v) is 4.28. The van der Waals surface area contributed by atoms with Crippen LogP contribution >= 0.6 is 0 Å². The zero-order valence-corrected chi connectivity index (χ0v) is 9.75. The third-order valence-electron chi connectivity index (χ3n) is 2.72. The van der Waals surface area contributed by atoms with Gasteiger partial charge >= 0.3 is 6.18 Å². The molecule has 2 unspecified atom stereocenters. The topological polar surface area (TPSA) is 46.2 Å². The number of benzene rings is 1. The smallest absolute Gasteiger partial charge is 0.379 e.